The van der Waals surface area contributed by atoms with E-state index in [0.29, 0.717) is 11.1 Å². The molecule has 0 saturated heterocycles. The van der Waals surface area contributed by atoms with Crippen LogP contribution in [-0.4, -0.2) is 16.8 Å². The average molecular weight is 438 g/mol. The van der Waals surface area contributed by atoms with E-state index >= 15 is 0 Å². The lowest BCUT2D eigenvalue weighted by molar-refractivity contribution is 0.573. The van der Waals surface area contributed by atoms with Gasteiger partial charge in [-0.05, 0) is 53.5 Å². The summed E-state index contributed by atoms with van der Waals surface area (Å²) in [5.74, 6) is 0.0608. The molecule has 0 unspecified atom stereocenters. The number of hydrogen-bond acceptors (Lipinski definition) is 4. The lowest BCUT2D eigenvalue weighted by Crippen LogP contribution is -2.32. The molecule has 0 radical (unpaired) electrons. The molecule has 29 heavy (non-hydrogen) atoms. The van der Waals surface area contributed by atoms with Gasteiger partial charge in [-0.25, -0.2) is 16.8 Å². The highest BCUT2D eigenvalue weighted by Crippen LogP contribution is 2.35. The van der Waals surface area contributed by atoms with Crippen molar-refractivity contribution in [3.8, 4) is 0 Å². The summed E-state index contributed by atoms with van der Waals surface area (Å²) >= 11 is 0. The Morgan fingerprint density at radius 1 is 0.690 bits per heavy atom. The average Bonchev–Trinajstić information content (AvgIpc) is 2.59. The Balaban J connectivity index is 2.69. The minimum absolute atomic E-state index is 0.0718. The van der Waals surface area contributed by atoms with Crippen LogP contribution in [0, 0.1) is 6.92 Å². The van der Waals surface area contributed by atoms with Gasteiger partial charge in [0, 0.05) is 0 Å². The summed E-state index contributed by atoms with van der Waals surface area (Å²) in [4.78, 5) is -0.00902. The van der Waals surface area contributed by atoms with E-state index in [1.165, 1.54) is 12.1 Å². The third-order valence-electron chi connectivity index (χ3n) is 4.90. The first kappa shape index (κ1) is 23.6. The minimum atomic E-state index is -4.31. The van der Waals surface area contributed by atoms with Gasteiger partial charge < -0.3 is 0 Å². The van der Waals surface area contributed by atoms with Crippen molar-refractivity contribution in [3.63, 3.8) is 0 Å². The molecule has 7 heteroatoms. The van der Waals surface area contributed by atoms with Crippen molar-refractivity contribution in [2.24, 2.45) is 0 Å². The first-order chi connectivity index (χ1) is 13.3. The number of rotatable bonds is 7. The maximum absolute atomic E-state index is 13.3. The van der Waals surface area contributed by atoms with E-state index in [1.54, 1.807) is 12.1 Å². The van der Waals surface area contributed by atoms with Crippen molar-refractivity contribution in [3.05, 3.63) is 58.7 Å². The molecule has 2 aromatic carbocycles. The third kappa shape index (κ3) is 5.27. The molecule has 1 N–H and O–H groups in total. The topological polar surface area (TPSA) is 80.3 Å². The zero-order valence-corrected chi connectivity index (χ0v) is 19.8. The Bertz CT molecular complexity index is 1050. The Morgan fingerprint density at radius 3 is 1.52 bits per heavy atom. The van der Waals surface area contributed by atoms with Gasteiger partial charge in [-0.2, -0.15) is 0 Å². The van der Waals surface area contributed by atoms with Crippen LogP contribution in [0.3, 0.4) is 0 Å². The van der Waals surface area contributed by atoms with Gasteiger partial charge in [0.2, 0.25) is 0 Å². The van der Waals surface area contributed by atoms with Gasteiger partial charge in [0.05, 0.1) is 9.79 Å². The van der Waals surface area contributed by atoms with Crippen molar-refractivity contribution in [2.45, 2.75) is 76.0 Å². The van der Waals surface area contributed by atoms with Gasteiger partial charge in [-0.1, -0.05) is 71.4 Å². The highest BCUT2D eigenvalue weighted by atomic mass is 32.3. The van der Waals surface area contributed by atoms with Crippen molar-refractivity contribution >= 4 is 20.0 Å². The molecule has 5 nitrogen and oxygen atoms in total. The predicted octanol–water partition coefficient (Wildman–Crippen LogP) is 5.03. The normalized spacial score (nSPS) is 12.9. The lowest BCUT2D eigenvalue weighted by atomic mass is 9.89. The monoisotopic (exact) mass is 437 g/mol. The van der Waals surface area contributed by atoms with Crippen LogP contribution in [0.2, 0.25) is 0 Å². The van der Waals surface area contributed by atoms with Gasteiger partial charge in [-0.3, -0.25) is 0 Å². The zero-order chi connectivity index (χ0) is 22.1. The van der Waals surface area contributed by atoms with Gasteiger partial charge in [0.1, 0.15) is 0 Å². The highest BCUT2D eigenvalue weighted by molar-refractivity contribution is 8.04. The van der Waals surface area contributed by atoms with Crippen LogP contribution in [0.15, 0.2) is 46.2 Å². The molecular weight excluding hydrogens is 406 g/mol. The van der Waals surface area contributed by atoms with E-state index in [2.05, 4.69) is 13.8 Å². The summed E-state index contributed by atoms with van der Waals surface area (Å²) in [6, 6.07) is 9.85. The maximum atomic E-state index is 13.3. The first-order valence-electron chi connectivity index (χ1n) is 9.79. The molecule has 0 heterocycles. The van der Waals surface area contributed by atoms with Crippen LogP contribution in [0.1, 0.15) is 81.5 Å². The van der Waals surface area contributed by atoms with Gasteiger partial charge in [0.15, 0.2) is 0 Å². The van der Waals surface area contributed by atoms with Crippen LogP contribution in [0.25, 0.3) is 0 Å². The molecule has 0 aliphatic heterocycles. The number of hydrogen-bond donors (Lipinski definition) is 1. The highest BCUT2D eigenvalue weighted by Gasteiger charge is 2.31. The molecule has 0 aromatic heterocycles. The second kappa shape index (κ2) is 8.58. The van der Waals surface area contributed by atoms with Crippen LogP contribution >= 0.6 is 0 Å². The number of benzene rings is 2. The summed E-state index contributed by atoms with van der Waals surface area (Å²) in [5.41, 5.74) is 3.19. The molecule has 2 rings (SSSR count). The van der Waals surface area contributed by atoms with E-state index < -0.39 is 20.0 Å². The van der Waals surface area contributed by atoms with E-state index in [0.717, 1.165) is 11.1 Å². The Hall–Kier alpha value is -1.70. The van der Waals surface area contributed by atoms with Crippen molar-refractivity contribution < 1.29 is 16.8 Å². The lowest BCUT2D eigenvalue weighted by Gasteiger charge is -2.22. The van der Waals surface area contributed by atoms with Crippen LogP contribution in [0.5, 0.6) is 0 Å². The largest absolute Gasteiger partial charge is 0.254 e. The SMILES string of the molecule is Cc1ccc(S(=O)(=O)NS(=O)(=O)c2c(C(C)C)cc(C(C)C)cc2C(C)C)cc1. The third-order valence-corrected chi connectivity index (χ3v) is 8.56. The molecule has 0 fully saturated rings. The summed E-state index contributed by atoms with van der Waals surface area (Å²) in [6.45, 7) is 13.6. The molecule has 0 amide bonds. The summed E-state index contributed by atoms with van der Waals surface area (Å²) in [6.07, 6.45) is 0. The van der Waals surface area contributed by atoms with Crippen molar-refractivity contribution in [1.29, 1.82) is 0 Å². The second-order valence-electron chi connectivity index (χ2n) is 8.40. The zero-order valence-electron chi connectivity index (χ0n) is 18.1. The van der Waals surface area contributed by atoms with E-state index in [4.69, 9.17) is 0 Å². The first-order valence-corrected chi connectivity index (χ1v) is 12.8. The Morgan fingerprint density at radius 2 is 1.14 bits per heavy atom. The van der Waals surface area contributed by atoms with Gasteiger partial charge in [-0.15, -0.1) is 4.13 Å². The Kier molecular flexibility index (Phi) is 6.97. The molecule has 0 atom stereocenters. The molecule has 0 bridgehead atoms. The van der Waals surface area contributed by atoms with E-state index in [1.807, 2.05) is 50.9 Å². The van der Waals surface area contributed by atoms with E-state index in [-0.39, 0.29) is 27.5 Å². The number of aryl methyl sites for hydroxylation is 1. The second-order valence-corrected chi connectivity index (χ2v) is 12.0. The molecule has 0 aliphatic rings. The molecule has 0 spiro atoms. The standard InChI is InChI=1S/C22H31NO4S2/c1-14(2)18-12-20(15(3)4)22(21(13-18)16(5)6)29(26,27)23-28(24,25)19-10-8-17(7)9-11-19/h8-16,23H,1-7H3. The number of sulfonamides is 2. The number of nitrogens with one attached hydrogen (secondary N) is 1. The summed E-state index contributed by atoms with van der Waals surface area (Å²) in [7, 11) is -8.54. The van der Waals surface area contributed by atoms with E-state index in [9.17, 15) is 16.8 Å². The molecule has 160 valence electrons. The Labute approximate surface area is 175 Å². The summed E-state index contributed by atoms with van der Waals surface area (Å²) < 4.78 is 54.2. The van der Waals surface area contributed by atoms with Crippen molar-refractivity contribution in [1.82, 2.24) is 4.13 Å². The fourth-order valence-electron chi connectivity index (χ4n) is 3.15. The van der Waals surface area contributed by atoms with Crippen molar-refractivity contribution in [2.75, 3.05) is 0 Å². The maximum Gasteiger partial charge on any atom is 0.254 e. The molecular formula is C22H31NO4S2. The van der Waals surface area contributed by atoms with Gasteiger partial charge in [0.25, 0.3) is 20.0 Å². The molecule has 0 saturated carbocycles. The predicted molar refractivity (Wildman–Crippen MR) is 117 cm³/mol. The molecule has 2 aromatic rings. The molecule has 0 aliphatic carbocycles. The quantitative estimate of drug-likeness (QED) is 0.658. The van der Waals surface area contributed by atoms with Gasteiger partial charge >= 0.3 is 0 Å². The fraction of sp³-hybridized carbons (Fsp3) is 0.455. The summed E-state index contributed by atoms with van der Waals surface area (Å²) in [5, 5.41) is 0. The smallest absolute Gasteiger partial charge is 0.206 e. The van der Waals surface area contributed by atoms with Crippen LogP contribution in [0.4, 0.5) is 0 Å². The van der Waals surface area contributed by atoms with Crippen LogP contribution in [-0.2, 0) is 20.0 Å². The fourth-order valence-corrected chi connectivity index (χ4v) is 6.73. The van der Waals surface area contributed by atoms with Crippen LogP contribution < -0.4 is 4.13 Å². The minimum Gasteiger partial charge on any atom is -0.206 e.